The molecule has 0 spiro atoms. The van der Waals surface area contributed by atoms with Crippen LogP contribution in [0.2, 0.25) is 0 Å². The molecule has 6 heteroatoms. The van der Waals surface area contributed by atoms with Crippen molar-refractivity contribution >= 4 is 17.9 Å². The van der Waals surface area contributed by atoms with Crippen LogP contribution in [0.15, 0.2) is 12.2 Å². The molecule has 0 amide bonds. The molecule has 0 radical (unpaired) electrons. The van der Waals surface area contributed by atoms with Crippen molar-refractivity contribution in [3.05, 3.63) is 12.2 Å². The molecule has 5 aliphatic rings. The van der Waals surface area contributed by atoms with Crippen molar-refractivity contribution in [2.24, 2.45) is 62.1 Å². The molecule has 0 aromatic carbocycles. The van der Waals surface area contributed by atoms with Gasteiger partial charge in [-0.3, -0.25) is 14.4 Å². The highest BCUT2D eigenvalue weighted by Crippen LogP contribution is 2.78. The predicted octanol–water partition coefficient (Wildman–Crippen LogP) is 9.31. The summed E-state index contributed by atoms with van der Waals surface area (Å²) in [5.74, 6) is 0.876. The molecule has 45 heavy (non-hydrogen) atoms. The lowest BCUT2D eigenvalue weighted by molar-refractivity contribution is -0.250. The summed E-state index contributed by atoms with van der Waals surface area (Å²) in [6.45, 7) is 22.8. The summed E-state index contributed by atoms with van der Waals surface area (Å²) in [5.41, 5.74) is 1.23. The number of hydrogen-bond acceptors (Lipinski definition) is 4. The third-order valence-corrected chi connectivity index (χ3v) is 15.5. The maximum atomic E-state index is 13.1. The van der Waals surface area contributed by atoms with Gasteiger partial charge in [-0.25, -0.2) is 0 Å². The molecular weight excluding hydrogens is 564 g/mol. The van der Waals surface area contributed by atoms with E-state index in [4.69, 9.17) is 4.74 Å². The fraction of sp³-hybridized carbons (Fsp3) is 0.872. The first-order valence-electron chi connectivity index (χ1n) is 18.0. The summed E-state index contributed by atoms with van der Waals surface area (Å²) in [4.78, 5) is 36.2. The van der Waals surface area contributed by atoms with Gasteiger partial charge in [0.15, 0.2) is 0 Å². The van der Waals surface area contributed by atoms with Gasteiger partial charge >= 0.3 is 17.9 Å². The van der Waals surface area contributed by atoms with Crippen molar-refractivity contribution in [3.8, 4) is 0 Å². The van der Waals surface area contributed by atoms with Crippen LogP contribution >= 0.6 is 0 Å². The number of allylic oxidation sites excluding steroid dienone is 1. The highest BCUT2D eigenvalue weighted by Gasteiger charge is 2.71. The number of fused-ring (bicyclic) bond motifs is 7. The SMILES string of the molecule is C=C(C)[C@@H]1CC[C@]2(CCC(=O)O)CC[C@]3(C)C(CCC4[C@@]5(C)CC[C@H](OC(=O)CC(C)(C)CC(=O)O)C(C)(C)C5CC[C@]43C)C12. The molecule has 5 fully saturated rings. The molecule has 0 aromatic heterocycles. The summed E-state index contributed by atoms with van der Waals surface area (Å²) in [7, 11) is 0. The molecule has 0 aliphatic heterocycles. The molecule has 0 heterocycles. The van der Waals surface area contributed by atoms with E-state index >= 15 is 0 Å². The minimum absolute atomic E-state index is 0.0501. The predicted molar refractivity (Wildman–Crippen MR) is 176 cm³/mol. The summed E-state index contributed by atoms with van der Waals surface area (Å²) in [6.07, 6.45) is 12.3. The van der Waals surface area contributed by atoms with Crippen LogP contribution in [0.4, 0.5) is 0 Å². The number of ether oxygens (including phenoxy) is 1. The van der Waals surface area contributed by atoms with Gasteiger partial charge in [-0.2, -0.15) is 0 Å². The zero-order valence-electron chi connectivity index (χ0n) is 29.6. The van der Waals surface area contributed by atoms with Crippen molar-refractivity contribution < 1.29 is 29.3 Å². The van der Waals surface area contributed by atoms with E-state index < -0.39 is 17.4 Å². The van der Waals surface area contributed by atoms with E-state index in [2.05, 4.69) is 48.1 Å². The van der Waals surface area contributed by atoms with Crippen molar-refractivity contribution in [2.75, 3.05) is 0 Å². The van der Waals surface area contributed by atoms with Crippen LogP contribution in [0.25, 0.3) is 0 Å². The van der Waals surface area contributed by atoms with Crippen LogP contribution in [0, 0.1) is 62.1 Å². The smallest absolute Gasteiger partial charge is 0.306 e. The standard InChI is InChI=1S/C39H62O6/c1-24(2)25-12-18-39(19-15-30(40)41)21-20-37(8)26(33(25)39)10-11-28-36(7)16-14-29(35(5,6)27(36)13-17-38(28,37)9)45-32(44)23-34(3,4)22-31(42)43/h25-29,33H,1,10-23H2,2-9H3,(H,40,41)(H,42,43)/t25-,26?,27?,28?,29-,33?,36-,37+,38+,39-/m0/s1. The molecule has 254 valence electrons. The quantitative estimate of drug-likeness (QED) is 0.195. The van der Waals surface area contributed by atoms with Crippen LogP contribution < -0.4 is 0 Å². The molecule has 5 aliphatic carbocycles. The minimum Gasteiger partial charge on any atom is -0.481 e. The Kier molecular flexibility index (Phi) is 8.73. The zero-order chi connectivity index (χ0) is 33.4. The van der Waals surface area contributed by atoms with Crippen molar-refractivity contribution in [1.29, 1.82) is 0 Å². The maximum absolute atomic E-state index is 13.1. The average molecular weight is 627 g/mol. The second-order valence-corrected chi connectivity index (χ2v) is 18.7. The third-order valence-electron chi connectivity index (χ3n) is 15.5. The van der Waals surface area contributed by atoms with E-state index in [1.165, 1.54) is 31.3 Å². The first-order chi connectivity index (χ1) is 20.7. The Hall–Kier alpha value is -1.85. The van der Waals surface area contributed by atoms with E-state index in [1.807, 2.05) is 13.8 Å². The topological polar surface area (TPSA) is 101 Å². The van der Waals surface area contributed by atoms with Crippen molar-refractivity contribution in [1.82, 2.24) is 0 Å². The lowest BCUT2D eigenvalue weighted by Crippen LogP contribution is -2.66. The number of rotatable bonds is 9. The van der Waals surface area contributed by atoms with Crippen LogP contribution in [0.5, 0.6) is 0 Å². The molecule has 2 N–H and O–H groups in total. The van der Waals surface area contributed by atoms with Crippen LogP contribution in [0.1, 0.15) is 145 Å². The largest absolute Gasteiger partial charge is 0.481 e. The van der Waals surface area contributed by atoms with Gasteiger partial charge in [-0.05, 0) is 134 Å². The van der Waals surface area contributed by atoms with Gasteiger partial charge in [0, 0.05) is 11.8 Å². The van der Waals surface area contributed by atoms with Crippen LogP contribution in [0.3, 0.4) is 0 Å². The molecule has 5 saturated carbocycles. The number of carbonyl (C=O) groups excluding carboxylic acids is 1. The average Bonchev–Trinajstić information content (AvgIpc) is 3.29. The summed E-state index contributed by atoms with van der Waals surface area (Å²) in [5, 5.41) is 19.0. The number of carboxylic acids is 2. The monoisotopic (exact) mass is 626 g/mol. The van der Waals surface area contributed by atoms with E-state index in [0.717, 1.165) is 44.9 Å². The molecule has 0 saturated heterocycles. The Labute approximate surface area is 272 Å². The van der Waals surface area contributed by atoms with Gasteiger partial charge in [-0.15, -0.1) is 0 Å². The minimum atomic E-state index is -0.887. The Morgan fingerprint density at radius 3 is 2.11 bits per heavy atom. The maximum Gasteiger partial charge on any atom is 0.306 e. The lowest BCUT2D eigenvalue weighted by atomic mass is 9.32. The number of carboxylic acid groups (broad SMARTS) is 2. The van der Waals surface area contributed by atoms with Crippen molar-refractivity contribution in [2.45, 2.75) is 151 Å². The van der Waals surface area contributed by atoms with E-state index in [9.17, 15) is 24.6 Å². The number of hydrogen-bond donors (Lipinski definition) is 2. The first kappa shape index (κ1) is 34.5. The molecule has 4 unspecified atom stereocenters. The third kappa shape index (κ3) is 5.50. The normalized spacial score (nSPS) is 43.6. The fourth-order valence-electron chi connectivity index (χ4n) is 13.3. The molecule has 0 aromatic rings. The molecule has 0 bridgehead atoms. The zero-order valence-corrected chi connectivity index (χ0v) is 29.6. The van der Waals surface area contributed by atoms with E-state index in [1.54, 1.807) is 0 Å². The summed E-state index contributed by atoms with van der Waals surface area (Å²) >= 11 is 0. The van der Waals surface area contributed by atoms with Crippen LogP contribution in [-0.4, -0.2) is 34.2 Å². The summed E-state index contributed by atoms with van der Waals surface area (Å²) in [6, 6.07) is 0. The first-order valence-corrected chi connectivity index (χ1v) is 18.0. The van der Waals surface area contributed by atoms with Gasteiger partial charge in [0.25, 0.3) is 0 Å². The van der Waals surface area contributed by atoms with Gasteiger partial charge in [0.1, 0.15) is 6.10 Å². The second kappa shape index (κ2) is 11.4. The van der Waals surface area contributed by atoms with E-state index in [-0.39, 0.29) is 58.4 Å². The number of esters is 1. The highest BCUT2D eigenvalue weighted by molar-refractivity contribution is 5.73. The van der Waals surface area contributed by atoms with E-state index in [0.29, 0.717) is 29.6 Å². The Morgan fingerprint density at radius 2 is 1.49 bits per heavy atom. The lowest BCUT2D eigenvalue weighted by Gasteiger charge is -2.73. The molecule has 6 nitrogen and oxygen atoms in total. The Bertz CT molecular complexity index is 1220. The molecular formula is C39H62O6. The molecule has 10 atom stereocenters. The van der Waals surface area contributed by atoms with Gasteiger partial charge in [0.2, 0.25) is 0 Å². The van der Waals surface area contributed by atoms with Crippen LogP contribution in [-0.2, 0) is 19.1 Å². The van der Waals surface area contributed by atoms with Gasteiger partial charge in [0.05, 0.1) is 12.8 Å². The Morgan fingerprint density at radius 1 is 0.800 bits per heavy atom. The second-order valence-electron chi connectivity index (χ2n) is 18.7. The van der Waals surface area contributed by atoms with Crippen molar-refractivity contribution in [3.63, 3.8) is 0 Å². The summed E-state index contributed by atoms with van der Waals surface area (Å²) < 4.78 is 6.24. The Balaban J connectivity index is 1.39. The number of carbonyl (C=O) groups is 3. The fourth-order valence-corrected chi connectivity index (χ4v) is 13.3. The van der Waals surface area contributed by atoms with Gasteiger partial charge in [-0.1, -0.05) is 60.6 Å². The number of aliphatic carboxylic acids is 2. The van der Waals surface area contributed by atoms with Gasteiger partial charge < -0.3 is 14.9 Å². The highest BCUT2D eigenvalue weighted by atomic mass is 16.5. The molecule has 5 rings (SSSR count).